The number of carbonyl (C=O) groups is 2. The third-order valence-corrected chi connectivity index (χ3v) is 4.44. The molecule has 0 spiro atoms. The number of carbonyl (C=O) groups excluding carboxylic acids is 2. The molecule has 0 aliphatic carbocycles. The molecule has 6 nitrogen and oxygen atoms in total. The summed E-state index contributed by atoms with van der Waals surface area (Å²) in [7, 11) is 1.65. The fourth-order valence-electron chi connectivity index (χ4n) is 3.08. The number of ether oxygens (including phenoxy) is 1. The molecular formula is C18H27N3O3. The lowest BCUT2D eigenvalue weighted by molar-refractivity contribution is -0.136. The predicted octanol–water partition coefficient (Wildman–Crippen LogP) is 1.32. The highest BCUT2D eigenvalue weighted by atomic mass is 16.5. The molecule has 1 aliphatic rings. The summed E-state index contributed by atoms with van der Waals surface area (Å²) in [6, 6.07) is 7.68. The highest BCUT2D eigenvalue weighted by Crippen LogP contribution is 2.29. The zero-order valence-corrected chi connectivity index (χ0v) is 14.5. The molecule has 132 valence electrons. The van der Waals surface area contributed by atoms with Gasteiger partial charge in [0.1, 0.15) is 0 Å². The first kappa shape index (κ1) is 18.4. The topological polar surface area (TPSA) is 79.5 Å². The number of anilines is 1. The maximum Gasteiger partial charge on any atom is 0.228 e. The summed E-state index contributed by atoms with van der Waals surface area (Å²) in [5.41, 5.74) is 1.49. The van der Waals surface area contributed by atoms with Crippen LogP contribution in [0, 0.1) is 5.41 Å². The van der Waals surface area contributed by atoms with E-state index in [9.17, 15) is 9.59 Å². The molecule has 1 heterocycles. The van der Waals surface area contributed by atoms with Crippen molar-refractivity contribution in [1.82, 2.24) is 10.6 Å². The minimum atomic E-state index is -0.407. The van der Waals surface area contributed by atoms with E-state index in [-0.39, 0.29) is 11.8 Å². The van der Waals surface area contributed by atoms with Crippen LogP contribution in [0.15, 0.2) is 24.3 Å². The van der Waals surface area contributed by atoms with Gasteiger partial charge >= 0.3 is 0 Å². The Labute approximate surface area is 143 Å². The van der Waals surface area contributed by atoms with Gasteiger partial charge in [-0.3, -0.25) is 9.59 Å². The van der Waals surface area contributed by atoms with Crippen LogP contribution in [0.3, 0.4) is 0 Å². The molecule has 6 heteroatoms. The number of piperidine rings is 1. The Hall–Kier alpha value is -1.92. The summed E-state index contributed by atoms with van der Waals surface area (Å²) in [5.74, 6) is 0.00106. The van der Waals surface area contributed by atoms with Gasteiger partial charge in [-0.2, -0.15) is 0 Å². The molecule has 1 fully saturated rings. The minimum Gasteiger partial charge on any atom is -0.384 e. The van der Waals surface area contributed by atoms with E-state index in [1.807, 2.05) is 24.3 Å². The van der Waals surface area contributed by atoms with E-state index < -0.39 is 5.41 Å². The van der Waals surface area contributed by atoms with Crippen molar-refractivity contribution in [2.24, 2.45) is 5.41 Å². The van der Waals surface area contributed by atoms with E-state index in [4.69, 9.17) is 4.74 Å². The summed E-state index contributed by atoms with van der Waals surface area (Å²) in [6.45, 7) is 4.24. The lowest BCUT2D eigenvalue weighted by atomic mass is 9.78. The van der Waals surface area contributed by atoms with Crippen LogP contribution in [-0.2, 0) is 20.7 Å². The Kier molecular flexibility index (Phi) is 6.75. The number of amides is 2. The van der Waals surface area contributed by atoms with Gasteiger partial charge in [-0.25, -0.2) is 0 Å². The number of hydrogen-bond donors (Lipinski definition) is 3. The van der Waals surface area contributed by atoms with Gasteiger partial charge in [0.2, 0.25) is 11.8 Å². The van der Waals surface area contributed by atoms with Crippen LogP contribution in [0.4, 0.5) is 5.69 Å². The Bertz CT molecular complexity index is 546. The average molecular weight is 333 g/mol. The summed E-state index contributed by atoms with van der Waals surface area (Å²) < 4.78 is 5.29. The van der Waals surface area contributed by atoms with Gasteiger partial charge in [0.25, 0.3) is 0 Å². The number of rotatable bonds is 7. The fourth-order valence-corrected chi connectivity index (χ4v) is 3.08. The van der Waals surface area contributed by atoms with Crippen molar-refractivity contribution in [3.63, 3.8) is 0 Å². The Morgan fingerprint density at radius 2 is 1.88 bits per heavy atom. The van der Waals surface area contributed by atoms with Gasteiger partial charge in [-0.15, -0.1) is 0 Å². The second kappa shape index (κ2) is 8.80. The van der Waals surface area contributed by atoms with E-state index in [0.717, 1.165) is 43.6 Å². The monoisotopic (exact) mass is 333 g/mol. The van der Waals surface area contributed by atoms with Gasteiger partial charge in [-0.05, 0) is 50.0 Å². The van der Waals surface area contributed by atoms with Crippen LogP contribution in [0.25, 0.3) is 0 Å². The first-order valence-corrected chi connectivity index (χ1v) is 8.40. The molecule has 0 saturated carbocycles. The molecule has 1 aliphatic heterocycles. The Morgan fingerprint density at radius 1 is 1.21 bits per heavy atom. The van der Waals surface area contributed by atoms with Crippen molar-refractivity contribution in [3.8, 4) is 0 Å². The molecule has 0 aromatic heterocycles. The van der Waals surface area contributed by atoms with Crippen LogP contribution in [0.1, 0.15) is 25.3 Å². The van der Waals surface area contributed by atoms with Crippen LogP contribution in [0.2, 0.25) is 0 Å². The summed E-state index contributed by atoms with van der Waals surface area (Å²) in [6.07, 6.45) is 2.36. The van der Waals surface area contributed by atoms with Crippen LogP contribution < -0.4 is 16.0 Å². The zero-order valence-electron chi connectivity index (χ0n) is 14.5. The smallest absolute Gasteiger partial charge is 0.228 e. The largest absolute Gasteiger partial charge is 0.384 e. The van der Waals surface area contributed by atoms with Gasteiger partial charge in [0.15, 0.2) is 0 Å². The predicted molar refractivity (Wildman–Crippen MR) is 93.9 cm³/mol. The van der Waals surface area contributed by atoms with Crippen molar-refractivity contribution >= 4 is 17.5 Å². The molecular weight excluding hydrogens is 306 g/mol. The van der Waals surface area contributed by atoms with Crippen LogP contribution in [0.5, 0.6) is 0 Å². The zero-order chi connectivity index (χ0) is 17.4. The van der Waals surface area contributed by atoms with Crippen molar-refractivity contribution in [2.75, 3.05) is 38.7 Å². The van der Waals surface area contributed by atoms with Gasteiger partial charge in [0, 0.05) is 26.3 Å². The van der Waals surface area contributed by atoms with Gasteiger partial charge in [-0.1, -0.05) is 12.1 Å². The molecule has 1 aromatic carbocycles. The molecule has 0 radical (unpaired) electrons. The van der Waals surface area contributed by atoms with Crippen molar-refractivity contribution in [1.29, 1.82) is 0 Å². The maximum atomic E-state index is 12.6. The first-order chi connectivity index (χ1) is 11.6. The van der Waals surface area contributed by atoms with Gasteiger partial charge < -0.3 is 20.7 Å². The van der Waals surface area contributed by atoms with Gasteiger partial charge in [0.05, 0.1) is 12.0 Å². The summed E-state index contributed by atoms with van der Waals surface area (Å²) >= 11 is 0. The van der Waals surface area contributed by atoms with Crippen molar-refractivity contribution in [3.05, 3.63) is 29.8 Å². The lowest BCUT2D eigenvalue weighted by Crippen LogP contribution is -2.50. The molecule has 24 heavy (non-hydrogen) atoms. The average Bonchev–Trinajstić information content (AvgIpc) is 2.57. The highest BCUT2D eigenvalue weighted by molar-refractivity contribution is 5.88. The third kappa shape index (κ3) is 5.04. The number of hydrogen-bond acceptors (Lipinski definition) is 4. The molecule has 2 amide bonds. The standard InChI is InChI=1S/C18H27N3O3/c1-14(22)21-16-5-3-15(4-6-16)7-10-20-17(23)18(13-24-2)8-11-19-12-9-18/h3-6,19H,7-13H2,1-2H3,(H,20,23)(H,21,22). The first-order valence-electron chi connectivity index (χ1n) is 8.40. The van der Waals surface area contributed by atoms with E-state index in [1.54, 1.807) is 7.11 Å². The van der Waals surface area contributed by atoms with Crippen molar-refractivity contribution in [2.45, 2.75) is 26.2 Å². The summed E-state index contributed by atoms with van der Waals surface area (Å²) in [4.78, 5) is 23.6. The summed E-state index contributed by atoms with van der Waals surface area (Å²) in [5, 5.41) is 9.08. The number of methoxy groups -OCH3 is 1. The molecule has 0 bridgehead atoms. The molecule has 3 N–H and O–H groups in total. The minimum absolute atomic E-state index is 0.0829. The molecule has 0 atom stereocenters. The van der Waals surface area contributed by atoms with E-state index in [2.05, 4.69) is 16.0 Å². The maximum absolute atomic E-state index is 12.6. The van der Waals surface area contributed by atoms with E-state index in [1.165, 1.54) is 6.92 Å². The normalized spacial score (nSPS) is 16.4. The third-order valence-electron chi connectivity index (χ3n) is 4.44. The van der Waals surface area contributed by atoms with E-state index >= 15 is 0 Å². The van der Waals surface area contributed by atoms with Crippen molar-refractivity contribution < 1.29 is 14.3 Å². The second-order valence-electron chi connectivity index (χ2n) is 6.35. The number of benzene rings is 1. The molecule has 1 saturated heterocycles. The molecule has 0 unspecified atom stereocenters. The molecule has 1 aromatic rings. The highest BCUT2D eigenvalue weighted by Gasteiger charge is 2.39. The van der Waals surface area contributed by atoms with E-state index in [0.29, 0.717) is 13.2 Å². The fraction of sp³-hybridized carbons (Fsp3) is 0.556. The Morgan fingerprint density at radius 3 is 2.46 bits per heavy atom. The van der Waals surface area contributed by atoms with Crippen LogP contribution in [-0.4, -0.2) is 45.2 Å². The number of nitrogens with one attached hydrogen (secondary N) is 3. The van der Waals surface area contributed by atoms with Crippen LogP contribution >= 0.6 is 0 Å². The SMILES string of the molecule is COCC1(C(=O)NCCc2ccc(NC(C)=O)cc2)CCNCC1. The Balaban J connectivity index is 1.83. The lowest BCUT2D eigenvalue weighted by Gasteiger charge is -2.35. The quantitative estimate of drug-likeness (QED) is 0.703. The molecule has 2 rings (SSSR count). The second-order valence-corrected chi connectivity index (χ2v) is 6.35.